The van der Waals surface area contributed by atoms with Crippen LogP contribution in [0.1, 0.15) is 18.9 Å². The highest BCUT2D eigenvalue weighted by Gasteiger charge is 2.06. The second-order valence-corrected chi connectivity index (χ2v) is 3.57. The summed E-state index contributed by atoms with van der Waals surface area (Å²) >= 11 is 0. The average molecular weight is 197 g/mol. The normalized spacial score (nSPS) is 13.1. The summed E-state index contributed by atoms with van der Waals surface area (Å²) in [5.74, 6) is 0. The van der Waals surface area contributed by atoms with Gasteiger partial charge in [0.2, 0.25) is 0 Å². The Labute approximate surface area is 84.9 Å². The Bertz CT molecular complexity index is 260. The smallest absolute Gasteiger partial charge is 0.0602 e. The Hall–Kier alpha value is -0.870. The van der Waals surface area contributed by atoms with Crippen LogP contribution in [0.5, 0.6) is 0 Å². The highest BCUT2D eigenvalue weighted by atomic mass is 16.3. The number of hydrogen-bond acceptors (Lipinski definition) is 3. The van der Waals surface area contributed by atoms with Crippen molar-refractivity contribution in [2.75, 3.05) is 13.2 Å². The van der Waals surface area contributed by atoms with Crippen LogP contribution in [-0.2, 0) is 6.54 Å². The minimum absolute atomic E-state index is 0.106. The minimum atomic E-state index is 0.106. The van der Waals surface area contributed by atoms with Gasteiger partial charge in [-0.15, -0.1) is 0 Å². The lowest BCUT2D eigenvalue weighted by atomic mass is 10.3. The highest BCUT2D eigenvalue weighted by molar-refractivity contribution is 4.99. The number of aliphatic hydroxyl groups excluding tert-OH is 1. The fourth-order valence-electron chi connectivity index (χ4n) is 1.33. The summed E-state index contributed by atoms with van der Waals surface area (Å²) in [6.45, 7) is 5.94. The predicted octanol–water partition coefficient (Wildman–Crippen LogP) is 0.552. The van der Waals surface area contributed by atoms with E-state index in [2.05, 4.69) is 17.3 Å². The fraction of sp³-hybridized carbons (Fsp3) is 0.700. The molecule has 0 aliphatic carbocycles. The van der Waals surface area contributed by atoms with E-state index < -0.39 is 0 Å². The second-order valence-electron chi connectivity index (χ2n) is 3.57. The van der Waals surface area contributed by atoms with E-state index in [1.165, 1.54) is 0 Å². The van der Waals surface area contributed by atoms with Gasteiger partial charge >= 0.3 is 0 Å². The lowest BCUT2D eigenvalue weighted by Gasteiger charge is -2.15. The Balaban J connectivity index is 2.40. The van der Waals surface area contributed by atoms with Crippen LogP contribution in [-0.4, -0.2) is 34.1 Å². The second kappa shape index (κ2) is 5.78. The van der Waals surface area contributed by atoms with Crippen LogP contribution < -0.4 is 5.32 Å². The van der Waals surface area contributed by atoms with Crippen molar-refractivity contribution in [3.8, 4) is 0 Å². The van der Waals surface area contributed by atoms with Gasteiger partial charge in [-0.05, 0) is 25.5 Å². The van der Waals surface area contributed by atoms with Gasteiger partial charge in [-0.25, -0.2) is 0 Å². The summed E-state index contributed by atoms with van der Waals surface area (Å²) in [4.78, 5) is 0. The number of aromatic nitrogens is 2. The molecule has 1 heterocycles. The van der Waals surface area contributed by atoms with Crippen LogP contribution >= 0.6 is 0 Å². The van der Waals surface area contributed by atoms with E-state index >= 15 is 0 Å². The third kappa shape index (κ3) is 3.47. The molecule has 0 aromatic carbocycles. The average Bonchev–Trinajstić information content (AvgIpc) is 2.58. The molecule has 1 aromatic rings. The molecule has 14 heavy (non-hydrogen) atoms. The zero-order valence-electron chi connectivity index (χ0n) is 8.90. The molecule has 0 saturated heterocycles. The largest absolute Gasteiger partial charge is 0.395 e. The summed E-state index contributed by atoms with van der Waals surface area (Å²) in [6.07, 6.45) is 4.89. The monoisotopic (exact) mass is 197 g/mol. The molecular weight excluding hydrogens is 178 g/mol. The van der Waals surface area contributed by atoms with Gasteiger partial charge < -0.3 is 10.4 Å². The molecule has 80 valence electrons. The molecular formula is C10H19N3O. The van der Waals surface area contributed by atoms with Crippen LogP contribution in [0.2, 0.25) is 0 Å². The minimum Gasteiger partial charge on any atom is -0.395 e. The first-order chi connectivity index (χ1) is 6.76. The standard InChI is InChI=1S/C10H19N3O/c1-3-4-11-10(8-14)7-13-6-9(2)5-12-13/h5-6,10-11,14H,3-4,7-8H2,1-2H3. The number of nitrogens with one attached hydrogen (secondary N) is 1. The molecule has 0 bridgehead atoms. The zero-order valence-corrected chi connectivity index (χ0v) is 8.90. The van der Waals surface area contributed by atoms with Crippen molar-refractivity contribution < 1.29 is 5.11 Å². The Morgan fingerprint density at radius 1 is 1.64 bits per heavy atom. The molecule has 1 rings (SSSR count). The van der Waals surface area contributed by atoms with E-state index in [1.54, 1.807) is 0 Å². The fourth-order valence-corrected chi connectivity index (χ4v) is 1.33. The Kier molecular flexibility index (Phi) is 4.62. The quantitative estimate of drug-likeness (QED) is 0.700. The predicted molar refractivity (Wildman–Crippen MR) is 56.1 cm³/mol. The van der Waals surface area contributed by atoms with Crippen molar-refractivity contribution in [1.82, 2.24) is 15.1 Å². The van der Waals surface area contributed by atoms with Gasteiger partial charge in [0, 0.05) is 12.2 Å². The van der Waals surface area contributed by atoms with Crippen LogP contribution in [0, 0.1) is 6.92 Å². The molecule has 0 fully saturated rings. The number of hydrogen-bond donors (Lipinski definition) is 2. The van der Waals surface area contributed by atoms with Crippen molar-refractivity contribution >= 4 is 0 Å². The summed E-state index contributed by atoms with van der Waals surface area (Å²) in [7, 11) is 0. The lowest BCUT2D eigenvalue weighted by Crippen LogP contribution is -2.37. The molecule has 0 aliphatic rings. The molecule has 0 aliphatic heterocycles. The van der Waals surface area contributed by atoms with Crippen LogP contribution in [0.25, 0.3) is 0 Å². The van der Waals surface area contributed by atoms with Gasteiger partial charge in [0.1, 0.15) is 0 Å². The van der Waals surface area contributed by atoms with Crippen LogP contribution in [0.3, 0.4) is 0 Å². The Morgan fingerprint density at radius 3 is 2.93 bits per heavy atom. The van der Waals surface area contributed by atoms with Crippen molar-refractivity contribution in [2.45, 2.75) is 32.9 Å². The van der Waals surface area contributed by atoms with E-state index in [0.29, 0.717) is 0 Å². The third-order valence-corrected chi connectivity index (χ3v) is 2.07. The molecule has 4 nitrogen and oxygen atoms in total. The van der Waals surface area contributed by atoms with Gasteiger partial charge in [-0.3, -0.25) is 4.68 Å². The summed E-state index contributed by atoms with van der Waals surface area (Å²) < 4.78 is 1.86. The molecule has 2 N–H and O–H groups in total. The van der Waals surface area contributed by atoms with E-state index in [9.17, 15) is 0 Å². The number of nitrogens with zero attached hydrogens (tertiary/aromatic N) is 2. The lowest BCUT2D eigenvalue weighted by molar-refractivity contribution is 0.225. The maximum Gasteiger partial charge on any atom is 0.0602 e. The molecule has 0 spiro atoms. The molecule has 0 amide bonds. The van der Waals surface area contributed by atoms with Gasteiger partial charge in [0.25, 0.3) is 0 Å². The van der Waals surface area contributed by atoms with Crippen LogP contribution in [0.15, 0.2) is 12.4 Å². The molecule has 4 heteroatoms. The zero-order chi connectivity index (χ0) is 10.4. The van der Waals surface area contributed by atoms with Crippen molar-refractivity contribution in [3.05, 3.63) is 18.0 Å². The Morgan fingerprint density at radius 2 is 2.43 bits per heavy atom. The summed E-state index contributed by atoms with van der Waals surface area (Å²) in [5.41, 5.74) is 1.15. The summed E-state index contributed by atoms with van der Waals surface area (Å²) in [5, 5.41) is 16.6. The van der Waals surface area contributed by atoms with Crippen molar-refractivity contribution in [3.63, 3.8) is 0 Å². The molecule has 0 saturated carbocycles. The molecule has 1 aromatic heterocycles. The molecule has 1 atom stereocenters. The molecule has 0 radical (unpaired) electrons. The van der Waals surface area contributed by atoms with Gasteiger partial charge in [-0.2, -0.15) is 5.10 Å². The van der Waals surface area contributed by atoms with Crippen molar-refractivity contribution in [2.24, 2.45) is 0 Å². The SMILES string of the molecule is CCCNC(CO)Cn1cc(C)cn1. The number of aryl methyl sites for hydroxylation is 1. The van der Waals surface area contributed by atoms with E-state index in [-0.39, 0.29) is 12.6 Å². The van der Waals surface area contributed by atoms with Gasteiger partial charge in [0.05, 0.1) is 19.3 Å². The molecule has 1 unspecified atom stereocenters. The van der Waals surface area contributed by atoms with E-state index in [1.807, 2.05) is 24.0 Å². The van der Waals surface area contributed by atoms with Crippen LogP contribution in [0.4, 0.5) is 0 Å². The first kappa shape index (κ1) is 11.2. The topological polar surface area (TPSA) is 50.1 Å². The van der Waals surface area contributed by atoms with Gasteiger partial charge in [-0.1, -0.05) is 6.92 Å². The summed E-state index contributed by atoms with van der Waals surface area (Å²) in [6, 6.07) is 0.106. The van der Waals surface area contributed by atoms with E-state index in [4.69, 9.17) is 5.11 Å². The number of aliphatic hydroxyl groups is 1. The first-order valence-electron chi connectivity index (χ1n) is 5.09. The number of rotatable bonds is 6. The highest BCUT2D eigenvalue weighted by Crippen LogP contribution is 1.96. The van der Waals surface area contributed by atoms with E-state index in [0.717, 1.165) is 25.1 Å². The maximum atomic E-state index is 9.12. The maximum absolute atomic E-state index is 9.12. The van der Waals surface area contributed by atoms with Gasteiger partial charge in [0.15, 0.2) is 0 Å². The van der Waals surface area contributed by atoms with Crippen molar-refractivity contribution in [1.29, 1.82) is 0 Å². The first-order valence-corrected chi connectivity index (χ1v) is 5.09. The third-order valence-electron chi connectivity index (χ3n) is 2.07.